The zero-order valence-corrected chi connectivity index (χ0v) is 11.3. The van der Waals surface area contributed by atoms with Gasteiger partial charge in [-0.3, -0.25) is 4.79 Å². The number of aromatic carboxylic acids is 1. The smallest absolute Gasteiger partial charge is 0.371 e. The van der Waals surface area contributed by atoms with Crippen LogP contribution in [-0.2, 0) is 0 Å². The number of carbonyl (C=O) groups excluding carboxylic acids is 1. The predicted molar refractivity (Wildman–Crippen MR) is 71.6 cm³/mol. The number of carboxylic acids is 1. The molecule has 106 valence electrons. The van der Waals surface area contributed by atoms with E-state index in [0.717, 1.165) is 32.2 Å². The summed E-state index contributed by atoms with van der Waals surface area (Å²) in [7, 11) is 1.94. The van der Waals surface area contributed by atoms with Crippen LogP contribution in [0.4, 0.5) is 0 Å². The van der Waals surface area contributed by atoms with Crippen LogP contribution in [0.25, 0.3) is 0 Å². The molecule has 1 rings (SSSR count). The van der Waals surface area contributed by atoms with Crippen molar-refractivity contribution in [3.05, 3.63) is 23.7 Å². The van der Waals surface area contributed by atoms with E-state index >= 15 is 0 Å². The summed E-state index contributed by atoms with van der Waals surface area (Å²) in [6, 6.07) is 2.74. The highest BCUT2D eigenvalue weighted by atomic mass is 16.4. The van der Waals surface area contributed by atoms with Crippen LogP contribution in [0.15, 0.2) is 16.5 Å². The zero-order valence-electron chi connectivity index (χ0n) is 11.3. The molecule has 0 atom stereocenters. The van der Waals surface area contributed by atoms with E-state index in [1.165, 1.54) is 18.6 Å². The van der Waals surface area contributed by atoms with Crippen molar-refractivity contribution < 1.29 is 19.1 Å². The fourth-order valence-electron chi connectivity index (χ4n) is 1.84. The average Bonchev–Trinajstić information content (AvgIpc) is 2.87. The van der Waals surface area contributed by atoms with Crippen molar-refractivity contribution in [2.45, 2.75) is 38.5 Å². The van der Waals surface area contributed by atoms with Crippen LogP contribution in [0.3, 0.4) is 0 Å². The Kier molecular flexibility index (Phi) is 6.89. The van der Waals surface area contributed by atoms with Crippen molar-refractivity contribution in [1.82, 2.24) is 5.32 Å². The topological polar surface area (TPSA) is 79.5 Å². The van der Waals surface area contributed by atoms with E-state index in [2.05, 4.69) is 5.32 Å². The van der Waals surface area contributed by atoms with Gasteiger partial charge in [0.05, 0.1) is 0 Å². The lowest BCUT2D eigenvalue weighted by atomic mass is 10.1. The number of ketones is 1. The zero-order chi connectivity index (χ0) is 14.1. The lowest BCUT2D eigenvalue weighted by Crippen LogP contribution is -2.06. The number of furan rings is 1. The highest BCUT2D eigenvalue weighted by Gasteiger charge is 2.14. The van der Waals surface area contributed by atoms with Gasteiger partial charge in [0, 0.05) is 6.42 Å². The second-order valence-corrected chi connectivity index (χ2v) is 4.51. The Bertz CT molecular complexity index is 411. The van der Waals surface area contributed by atoms with Crippen molar-refractivity contribution in [3.8, 4) is 0 Å². The predicted octanol–water partition coefficient (Wildman–Crippen LogP) is 2.72. The van der Waals surface area contributed by atoms with E-state index in [1.807, 2.05) is 7.05 Å². The van der Waals surface area contributed by atoms with Crippen LogP contribution in [0, 0.1) is 0 Å². The molecule has 0 radical (unpaired) electrons. The Hall–Kier alpha value is -1.62. The first-order chi connectivity index (χ1) is 9.15. The van der Waals surface area contributed by atoms with Crippen LogP contribution in [0.2, 0.25) is 0 Å². The van der Waals surface area contributed by atoms with Gasteiger partial charge in [-0.2, -0.15) is 0 Å². The highest BCUT2D eigenvalue weighted by molar-refractivity contribution is 5.95. The number of Topliss-reactive ketones (excluding diaryl/α,β-unsaturated/α-hetero) is 1. The van der Waals surface area contributed by atoms with Crippen molar-refractivity contribution in [2.24, 2.45) is 0 Å². The van der Waals surface area contributed by atoms with E-state index in [1.54, 1.807) is 0 Å². The maximum Gasteiger partial charge on any atom is 0.371 e. The van der Waals surface area contributed by atoms with Gasteiger partial charge in [0.1, 0.15) is 0 Å². The molecule has 0 aliphatic carbocycles. The van der Waals surface area contributed by atoms with Gasteiger partial charge in [0.25, 0.3) is 0 Å². The second kappa shape index (κ2) is 8.48. The normalized spacial score (nSPS) is 10.6. The van der Waals surface area contributed by atoms with Crippen LogP contribution in [0.5, 0.6) is 0 Å². The van der Waals surface area contributed by atoms with Crippen LogP contribution >= 0.6 is 0 Å². The van der Waals surface area contributed by atoms with Gasteiger partial charge in [0.15, 0.2) is 11.5 Å². The number of rotatable bonds is 10. The number of hydrogen-bond acceptors (Lipinski definition) is 4. The molecule has 0 aliphatic heterocycles. The van der Waals surface area contributed by atoms with E-state index in [0.29, 0.717) is 6.42 Å². The fourth-order valence-corrected chi connectivity index (χ4v) is 1.84. The van der Waals surface area contributed by atoms with Gasteiger partial charge in [0.2, 0.25) is 5.76 Å². The summed E-state index contributed by atoms with van der Waals surface area (Å²) in [5.74, 6) is -1.31. The molecule has 0 amide bonds. The molecule has 0 fully saturated rings. The summed E-state index contributed by atoms with van der Waals surface area (Å²) < 4.78 is 4.96. The summed E-state index contributed by atoms with van der Waals surface area (Å²) in [5, 5.41) is 11.8. The minimum atomic E-state index is -1.15. The Balaban J connectivity index is 2.18. The third-order valence-electron chi connectivity index (χ3n) is 2.92. The quantitative estimate of drug-likeness (QED) is 0.503. The molecule has 0 aromatic carbocycles. The first-order valence-corrected chi connectivity index (χ1v) is 6.66. The Morgan fingerprint density at radius 1 is 1.11 bits per heavy atom. The van der Waals surface area contributed by atoms with Crippen LogP contribution < -0.4 is 5.32 Å². The number of carboxylic acid groups (broad SMARTS) is 1. The summed E-state index contributed by atoms with van der Waals surface area (Å²) in [6.07, 6.45) is 5.69. The Labute approximate surface area is 113 Å². The second-order valence-electron chi connectivity index (χ2n) is 4.51. The minimum absolute atomic E-state index is 0.122. The molecular weight excluding hydrogens is 246 g/mol. The van der Waals surface area contributed by atoms with Crippen LogP contribution in [-0.4, -0.2) is 30.5 Å². The molecular formula is C14H21NO4. The summed E-state index contributed by atoms with van der Waals surface area (Å²) >= 11 is 0. The summed E-state index contributed by atoms with van der Waals surface area (Å²) in [5.41, 5.74) is 0. The average molecular weight is 267 g/mol. The van der Waals surface area contributed by atoms with Gasteiger partial charge in [-0.05, 0) is 38.6 Å². The molecule has 1 heterocycles. The standard InChI is InChI=1S/C14H21NO4/c1-15-10-6-4-2-3-5-7-11(16)12-8-9-13(19-12)14(17)18/h8-9,15H,2-7,10H2,1H3,(H,17,18). The minimum Gasteiger partial charge on any atom is -0.475 e. The van der Waals surface area contributed by atoms with Gasteiger partial charge < -0.3 is 14.8 Å². The first-order valence-electron chi connectivity index (χ1n) is 6.66. The number of carbonyl (C=O) groups is 2. The van der Waals surface area contributed by atoms with Gasteiger partial charge in [-0.25, -0.2) is 4.79 Å². The van der Waals surface area contributed by atoms with Gasteiger partial charge in [-0.1, -0.05) is 19.3 Å². The maximum absolute atomic E-state index is 11.7. The van der Waals surface area contributed by atoms with E-state index in [4.69, 9.17) is 9.52 Å². The summed E-state index contributed by atoms with van der Waals surface area (Å²) in [6.45, 7) is 1.03. The Morgan fingerprint density at radius 2 is 1.74 bits per heavy atom. The third kappa shape index (κ3) is 5.70. The molecule has 2 N–H and O–H groups in total. The molecule has 5 heteroatoms. The molecule has 19 heavy (non-hydrogen) atoms. The van der Waals surface area contributed by atoms with E-state index in [9.17, 15) is 9.59 Å². The molecule has 0 saturated heterocycles. The lowest BCUT2D eigenvalue weighted by molar-refractivity contribution is 0.0660. The SMILES string of the molecule is CNCCCCCCCC(=O)c1ccc(C(=O)O)o1. The molecule has 1 aromatic heterocycles. The van der Waals surface area contributed by atoms with Crippen molar-refractivity contribution >= 4 is 11.8 Å². The molecule has 0 spiro atoms. The van der Waals surface area contributed by atoms with E-state index in [-0.39, 0.29) is 17.3 Å². The fraction of sp³-hybridized carbons (Fsp3) is 0.571. The molecule has 5 nitrogen and oxygen atoms in total. The molecule has 1 aromatic rings. The van der Waals surface area contributed by atoms with Crippen molar-refractivity contribution in [1.29, 1.82) is 0 Å². The highest BCUT2D eigenvalue weighted by Crippen LogP contribution is 2.13. The molecule has 0 saturated carbocycles. The monoisotopic (exact) mass is 267 g/mol. The number of nitrogens with one attached hydrogen (secondary N) is 1. The lowest BCUT2D eigenvalue weighted by Gasteiger charge is -2.00. The third-order valence-corrected chi connectivity index (χ3v) is 2.92. The van der Waals surface area contributed by atoms with Crippen LogP contribution in [0.1, 0.15) is 59.6 Å². The summed E-state index contributed by atoms with van der Waals surface area (Å²) in [4.78, 5) is 22.3. The maximum atomic E-state index is 11.7. The Morgan fingerprint density at radius 3 is 2.37 bits per heavy atom. The van der Waals surface area contributed by atoms with Crippen molar-refractivity contribution in [2.75, 3.05) is 13.6 Å². The number of unbranched alkanes of at least 4 members (excludes halogenated alkanes) is 4. The van der Waals surface area contributed by atoms with E-state index < -0.39 is 5.97 Å². The van der Waals surface area contributed by atoms with Gasteiger partial charge in [-0.15, -0.1) is 0 Å². The van der Waals surface area contributed by atoms with Gasteiger partial charge >= 0.3 is 5.97 Å². The largest absolute Gasteiger partial charge is 0.475 e. The molecule has 0 bridgehead atoms. The van der Waals surface area contributed by atoms with Crippen molar-refractivity contribution in [3.63, 3.8) is 0 Å². The molecule has 0 unspecified atom stereocenters. The first kappa shape index (κ1) is 15.4. The number of hydrogen-bond donors (Lipinski definition) is 2. The molecule has 0 aliphatic rings.